The molecular formula is C6H16N3O2+. The number of quaternary nitrogens is 1. The van der Waals surface area contributed by atoms with E-state index in [4.69, 9.17) is 11.5 Å². The van der Waals surface area contributed by atoms with Crippen LogP contribution in [0.1, 0.15) is 0 Å². The van der Waals surface area contributed by atoms with Gasteiger partial charge in [-0.3, -0.25) is 5.73 Å². The second-order valence-electron chi connectivity index (χ2n) is 3.31. The van der Waals surface area contributed by atoms with Crippen molar-refractivity contribution < 1.29 is 14.0 Å². The lowest BCUT2D eigenvalue weighted by Gasteiger charge is -2.30. The van der Waals surface area contributed by atoms with Gasteiger partial charge in [-0.15, -0.1) is 0 Å². The first-order chi connectivity index (χ1) is 4.84. The quantitative estimate of drug-likeness (QED) is 0.416. The number of nitrogens with two attached hydrogens (primary N) is 2. The van der Waals surface area contributed by atoms with Crippen LogP contribution < -0.4 is 11.5 Å². The molecule has 0 aromatic rings. The molecule has 0 radical (unpaired) electrons. The van der Waals surface area contributed by atoms with Crippen LogP contribution in [0.15, 0.2) is 0 Å². The number of amides is 1. The van der Waals surface area contributed by atoms with Gasteiger partial charge in [0.1, 0.15) is 0 Å². The third-order valence-corrected chi connectivity index (χ3v) is 1.39. The lowest BCUT2D eigenvalue weighted by Crippen LogP contribution is -2.53. The lowest BCUT2D eigenvalue weighted by atomic mass is 10.4. The summed E-state index contributed by atoms with van der Waals surface area (Å²) in [6, 6.07) is 0. The zero-order valence-electron chi connectivity index (χ0n) is 7.20. The summed E-state index contributed by atoms with van der Waals surface area (Å²) >= 11 is 0. The molecule has 5 heteroatoms. The number of primary amides is 1. The minimum atomic E-state index is -0.783. The highest BCUT2D eigenvalue weighted by atomic mass is 16.5. The van der Waals surface area contributed by atoms with Gasteiger partial charge in [0.15, 0.2) is 12.8 Å². The Bertz CT molecular complexity index is 141. The van der Waals surface area contributed by atoms with Crippen molar-refractivity contribution in [2.45, 2.75) is 6.17 Å². The smallest absolute Gasteiger partial charge is 0.404 e. The van der Waals surface area contributed by atoms with E-state index in [0.29, 0.717) is 4.48 Å². The van der Waals surface area contributed by atoms with Gasteiger partial charge in [0.25, 0.3) is 0 Å². The number of hydrogen-bond donors (Lipinski definition) is 2. The van der Waals surface area contributed by atoms with E-state index in [-0.39, 0.29) is 12.8 Å². The summed E-state index contributed by atoms with van der Waals surface area (Å²) in [6.45, 7) is 0.152. The van der Waals surface area contributed by atoms with Crippen LogP contribution in [0.25, 0.3) is 0 Å². The normalized spacial score (nSPS) is 14.2. The Kier molecular flexibility index (Phi) is 3.28. The number of nitrogens with zero attached hydrogens (tertiary/aromatic N) is 1. The Labute approximate surface area is 66.5 Å². The monoisotopic (exact) mass is 162 g/mol. The second-order valence-corrected chi connectivity index (χ2v) is 3.31. The van der Waals surface area contributed by atoms with Crippen molar-refractivity contribution in [3.63, 3.8) is 0 Å². The minimum Gasteiger partial charge on any atom is -0.442 e. The first-order valence-corrected chi connectivity index (χ1v) is 3.33. The van der Waals surface area contributed by atoms with Crippen LogP contribution in [-0.2, 0) is 4.74 Å². The summed E-state index contributed by atoms with van der Waals surface area (Å²) in [5.74, 6) is 0. The molecule has 0 aromatic heterocycles. The van der Waals surface area contributed by atoms with Gasteiger partial charge in [-0.2, -0.15) is 0 Å². The SMILES string of the molecule is C[N+](C)(C)C(N)COC(N)=O. The summed E-state index contributed by atoms with van der Waals surface area (Å²) in [4.78, 5) is 10.2. The van der Waals surface area contributed by atoms with E-state index in [2.05, 4.69) is 4.74 Å². The second kappa shape index (κ2) is 3.54. The number of rotatable bonds is 3. The molecule has 11 heavy (non-hydrogen) atoms. The maximum absolute atomic E-state index is 10.2. The van der Waals surface area contributed by atoms with E-state index >= 15 is 0 Å². The van der Waals surface area contributed by atoms with Gasteiger partial charge in [-0.25, -0.2) is 4.79 Å². The Hall–Kier alpha value is -0.810. The first kappa shape index (κ1) is 10.2. The van der Waals surface area contributed by atoms with Crippen LogP contribution >= 0.6 is 0 Å². The fourth-order valence-corrected chi connectivity index (χ4v) is 0.391. The van der Waals surface area contributed by atoms with Gasteiger partial charge in [0.05, 0.1) is 21.1 Å². The third kappa shape index (κ3) is 4.58. The molecule has 4 N–H and O–H groups in total. The van der Waals surface area contributed by atoms with Crippen LogP contribution in [0.5, 0.6) is 0 Å². The topological polar surface area (TPSA) is 78.3 Å². The third-order valence-electron chi connectivity index (χ3n) is 1.39. The molecule has 66 valence electrons. The molecule has 0 rings (SSSR count). The maximum Gasteiger partial charge on any atom is 0.404 e. The zero-order valence-corrected chi connectivity index (χ0v) is 7.20. The molecule has 5 nitrogen and oxygen atoms in total. The maximum atomic E-state index is 10.2. The highest BCUT2D eigenvalue weighted by Crippen LogP contribution is 1.95. The van der Waals surface area contributed by atoms with E-state index in [1.165, 1.54) is 0 Å². The summed E-state index contributed by atoms with van der Waals surface area (Å²) < 4.78 is 5.06. The standard InChI is InChI=1S/C6H15N3O2/c1-9(2,3)5(7)4-11-6(8)10/h5H,4,7H2,1-3H3,(H-,8,10)/p+1. The molecule has 0 fully saturated rings. The zero-order chi connectivity index (χ0) is 9.07. The lowest BCUT2D eigenvalue weighted by molar-refractivity contribution is -0.896. The van der Waals surface area contributed by atoms with Crippen molar-refractivity contribution in [1.82, 2.24) is 0 Å². The summed E-state index contributed by atoms with van der Waals surface area (Å²) in [5, 5.41) is 0. The van der Waals surface area contributed by atoms with Gasteiger partial charge in [-0.1, -0.05) is 0 Å². The molecular weight excluding hydrogens is 146 g/mol. The minimum absolute atomic E-state index is 0.152. The van der Waals surface area contributed by atoms with Crippen LogP contribution in [-0.4, -0.2) is 44.5 Å². The average Bonchev–Trinajstić information content (AvgIpc) is 1.80. The fraction of sp³-hybridized carbons (Fsp3) is 0.833. The van der Waals surface area contributed by atoms with Crippen molar-refractivity contribution in [3.05, 3.63) is 0 Å². The molecule has 1 amide bonds. The van der Waals surface area contributed by atoms with Gasteiger partial charge in [0.2, 0.25) is 0 Å². The molecule has 1 atom stereocenters. The largest absolute Gasteiger partial charge is 0.442 e. The van der Waals surface area contributed by atoms with E-state index in [9.17, 15) is 4.79 Å². The number of carbonyl (C=O) groups excluding carboxylic acids is 1. The molecule has 0 bridgehead atoms. The van der Waals surface area contributed by atoms with E-state index in [1.807, 2.05) is 21.1 Å². The van der Waals surface area contributed by atoms with E-state index in [0.717, 1.165) is 0 Å². The Morgan fingerprint density at radius 1 is 1.55 bits per heavy atom. The van der Waals surface area contributed by atoms with Crippen LogP contribution in [0.3, 0.4) is 0 Å². The van der Waals surface area contributed by atoms with E-state index < -0.39 is 6.09 Å². The van der Waals surface area contributed by atoms with Gasteiger partial charge < -0.3 is 15.0 Å². The summed E-state index contributed by atoms with van der Waals surface area (Å²) in [5.41, 5.74) is 10.4. The first-order valence-electron chi connectivity index (χ1n) is 3.33. The molecule has 0 saturated carbocycles. The molecule has 0 aliphatic heterocycles. The number of carbonyl (C=O) groups is 1. The average molecular weight is 162 g/mol. The Morgan fingerprint density at radius 3 is 2.27 bits per heavy atom. The van der Waals surface area contributed by atoms with Gasteiger partial charge >= 0.3 is 6.09 Å². The molecule has 0 heterocycles. The van der Waals surface area contributed by atoms with Gasteiger partial charge in [-0.05, 0) is 0 Å². The van der Waals surface area contributed by atoms with Crippen molar-refractivity contribution in [2.75, 3.05) is 27.7 Å². The number of likely N-dealkylation sites (N-methyl/N-ethyl adjacent to an activating group) is 1. The van der Waals surface area contributed by atoms with Gasteiger partial charge in [0, 0.05) is 0 Å². The van der Waals surface area contributed by atoms with Crippen molar-refractivity contribution in [1.29, 1.82) is 0 Å². The van der Waals surface area contributed by atoms with Crippen molar-refractivity contribution in [2.24, 2.45) is 11.5 Å². The molecule has 0 spiro atoms. The molecule has 0 aliphatic rings. The van der Waals surface area contributed by atoms with E-state index in [1.54, 1.807) is 0 Å². The molecule has 0 aromatic carbocycles. The fourth-order valence-electron chi connectivity index (χ4n) is 0.391. The highest BCUT2D eigenvalue weighted by molar-refractivity contribution is 5.64. The predicted octanol–water partition coefficient (Wildman–Crippen LogP) is -0.927. The summed E-state index contributed by atoms with van der Waals surface area (Å²) in [7, 11) is 5.74. The highest BCUT2D eigenvalue weighted by Gasteiger charge is 2.19. The Morgan fingerprint density at radius 2 is 2.00 bits per heavy atom. The molecule has 0 saturated heterocycles. The molecule has 1 unspecified atom stereocenters. The van der Waals surface area contributed by atoms with Crippen molar-refractivity contribution in [3.8, 4) is 0 Å². The van der Waals surface area contributed by atoms with Crippen LogP contribution in [0, 0.1) is 0 Å². The Balaban J connectivity index is 3.70. The van der Waals surface area contributed by atoms with Crippen molar-refractivity contribution >= 4 is 6.09 Å². The number of ether oxygens (including phenoxy) is 1. The predicted molar refractivity (Wildman–Crippen MR) is 41.5 cm³/mol. The van der Waals surface area contributed by atoms with Crippen LogP contribution in [0.4, 0.5) is 4.79 Å². The molecule has 0 aliphatic carbocycles. The van der Waals surface area contributed by atoms with Crippen LogP contribution in [0.2, 0.25) is 0 Å². The summed E-state index contributed by atoms with van der Waals surface area (Å²) in [6.07, 6.45) is -1.02. The number of hydrogen-bond acceptors (Lipinski definition) is 3.